The number of hydrogen-bond acceptors (Lipinski definition) is 3. The Hall–Kier alpha value is -1.42. The van der Waals surface area contributed by atoms with E-state index in [0.717, 1.165) is 17.3 Å². The average molecular weight is 286 g/mol. The Balaban J connectivity index is 1.80. The SMILES string of the molecule is Cc1cc2ncc(C(C)N[C@@H](C)C3CCCC3)c(C)n2n1. The van der Waals surface area contributed by atoms with Gasteiger partial charge in [0.1, 0.15) is 0 Å². The molecule has 1 aliphatic rings. The van der Waals surface area contributed by atoms with Gasteiger partial charge in [-0.2, -0.15) is 5.10 Å². The first-order valence-corrected chi connectivity index (χ1v) is 8.14. The van der Waals surface area contributed by atoms with Crippen molar-refractivity contribution in [1.82, 2.24) is 19.9 Å². The molecule has 4 nitrogen and oxygen atoms in total. The molecule has 2 atom stereocenters. The van der Waals surface area contributed by atoms with Gasteiger partial charge in [-0.15, -0.1) is 0 Å². The second-order valence-electron chi connectivity index (χ2n) is 6.58. The molecule has 0 saturated heterocycles. The zero-order valence-corrected chi connectivity index (χ0v) is 13.6. The summed E-state index contributed by atoms with van der Waals surface area (Å²) in [7, 11) is 0. The summed E-state index contributed by atoms with van der Waals surface area (Å²) in [5.41, 5.74) is 4.38. The van der Waals surface area contributed by atoms with E-state index in [1.54, 1.807) is 0 Å². The van der Waals surface area contributed by atoms with Crippen molar-refractivity contribution < 1.29 is 0 Å². The van der Waals surface area contributed by atoms with E-state index in [4.69, 9.17) is 0 Å². The Morgan fingerprint density at radius 3 is 2.67 bits per heavy atom. The average Bonchev–Trinajstić information content (AvgIpc) is 3.07. The van der Waals surface area contributed by atoms with Crippen LogP contribution in [-0.4, -0.2) is 20.6 Å². The van der Waals surface area contributed by atoms with E-state index in [2.05, 4.69) is 36.2 Å². The van der Waals surface area contributed by atoms with E-state index in [9.17, 15) is 0 Å². The number of aromatic nitrogens is 3. The minimum Gasteiger partial charge on any atom is -0.307 e. The van der Waals surface area contributed by atoms with Crippen molar-refractivity contribution in [2.45, 2.75) is 65.5 Å². The molecule has 0 aliphatic heterocycles. The van der Waals surface area contributed by atoms with Crippen molar-refractivity contribution in [3.8, 4) is 0 Å². The lowest BCUT2D eigenvalue weighted by Gasteiger charge is -2.25. The summed E-state index contributed by atoms with van der Waals surface area (Å²) in [6.45, 7) is 8.70. The molecule has 2 aromatic heterocycles. The van der Waals surface area contributed by atoms with Crippen molar-refractivity contribution in [1.29, 1.82) is 0 Å². The van der Waals surface area contributed by atoms with Gasteiger partial charge in [0.25, 0.3) is 0 Å². The number of nitrogens with zero attached hydrogens (tertiary/aromatic N) is 3. The smallest absolute Gasteiger partial charge is 0.155 e. The zero-order chi connectivity index (χ0) is 15.0. The van der Waals surface area contributed by atoms with E-state index >= 15 is 0 Å². The van der Waals surface area contributed by atoms with Gasteiger partial charge >= 0.3 is 0 Å². The second-order valence-corrected chi connectivity index (χ2v) is 6.58. The molecular formula is C17H26N4. The summed E-state index contributed by atoms with van der Waals surface area (Å²) >= 11 is 0. The van der Waals surface area contributed by atoms with Gasteiger partial charge in [-0.05, 0) is 46.5 Å². The summed E-state index contributed by atoms with van der Waals surface area (Å²) < 4.78 is 1.96. The van der Waals surface area contributed by atoms with E-state index in [1.807, 2.05) is 23.7 Å². The fourth-order valence-electron chi connectivity index (χ4n) is 3.68. The first-order valence-electron chi connectivity index (χ1n) is 8.14. The van der Waals surface area contributed by atoms with Crippen LogP contribution in [0.1, 0.15) is 62.5 Å². The second kappa shape index (κ2) is 5.76. The van der Waals surface area contributed by atoms with Crippen molar-refractivity contribution in [3.05, 3.63) is 29.2 Å². The first kappa shape index (κ1) is 14.5. The maximum absolute atomic E-state index is 4.55. The van der Waals surface area contributed by atoms with Crippen LogP contribution in [0.15, 0.2) is 12.3 Å². The Kier molecular flexibility index (Phi) is 3.98. The quantitative estimate of drug-likeness (QED) is 0.934. The maximum Gasteiger partial charge on any atom is 0.155 e. The maximum atomic E-state index is 4.55. The lowest BCUT2D eigenvalue weighted by atomic mass is 9.98. The highest BCUT2D eigenvalue weighted by molar-refractivity contribution is 5.42. The molecule has 0 radical (unpaired) electrons. The molecule has 0 aromatic carbocycles. The number of nitrogens with one attached hydrogen (secondary N) is 1. The molecular weight excluding hydrogens is 260 g/mol. The molecule has 2 heterocycles. The topological polar surface area (TPSA) is 42.2 Å². The van der Waals surface area contributed by atoms with E-state index < -0.39 is 0 Å². The number of fused-ring (bicyclic) bond motifs is 1. The Morgan fingerprint density at radius 2 is 1.95 bits per heavy atom. The number of rotatable bonds is 4. The highest BCUT2D eigenvalue weighted by Crippen LogP contribution is 2.29. The van der Waals surface area contributed by atoms with Gasteiger partial charge in [0.15, 0.2) is 5.65 Å². The molecule has 0 bridgehead atoms. The minimum atomic E-state index is 0.307. The Morgan fingerprint density at radius 1 is 1.24 bits per heavy atom. The fourth-order valence-corrected chi connectivity index (χ4v) is 3.68. The van der Waals surface area contributed by atoms with E-state index in [1.165, 1.54) is 36.9 Å². The molecule has 21 heavy (non-hydrogen) atoms. The van der Waals surface area contributed by atoms with Crippen LogP contribution in [0.2, 0.25) is 0 Å². The van der Waals surface area contributed by atoms with Crippen LogP contribution in [0.25, 0.3) is 5.65 Å². The molecule has 114 valence electrons. The lowest BCUT2D eigenvalue weighted by molar-refractivity contribution is 0.351. The van der Waals surface area contributed by atoms with Gasteiger partial charge in [-0.25, -0.2) is 9.50 Å². The van der Waals surface area contributed by atoms with Crippen LogP contribution in [0.3, 0.4) is 0 Å². The molecule has 1 fully saturated rings. The molecule has 1 N–H and O–H groups in total. The first-order chi connectivity index (χ1) is 10.1. The normalized spacial score (nSPS) is 19.2. The van der Waals surface area contributed by atoms with Crippen LogP contribution in [0.5, 0.6) is 0 Å². The predicted molar refractivity (Wildman–Crippen MR) is 85.4 cm³/mol. The third-order valence-corrected chi connectivity index (χ3v) is 4.97. The van der Waals surface area contributed by atoms with Gasteiger partial charge < -0.3 is 5.32 Å². The van der Waals surface area contributed by atoms with Gasteiger partial charge in [-0.1, -0.05) is 12.8 Å². The molecule has 0 spiro atoms. The number of hydrogen-bond donors (Lipinski definition) is 1. The molecule has 1 saturated carbocycles. The van der Waals surface area contributed by atoms with Crippen molar-refractivity contribution in [2.24, 2.45) is 5.92 Å². The number of aryl methyl sites for hydroxylation is 2. The van der Waals surface area contributed by atoms with Crippen molar-refractivity contribution in [3.63, 3.8) is 0 Å². The third-order valence-electron chi connectivity index (χ3n) is 4.97. The Labute approximate surface area is 127 Å². The lowest BCUT2D eigenvalue weighted by Crippen LogP contribution is -2.34. The van der Waals surface area contributed by atoms with Crippen LogP contribution in [-0.2, 0) is 0 Å². The van der Waals surface area contributed by atoms with Gasteiger partial charge in [0.05, 0.1) is 5.69 Å². The molecule has 2 aromatic rings. The summed E-state index contributed by atoms with van der Waals surface area (Å²) in [5, 5.41) is 8.31. The monoisotopic (exact) mass is 286 g/mol. The molecule has 4 heteroatoms. The highest BCUT2D eigenvalue weighted by atomic mass is 15.3. The molecule has 1 aliphatic carbocycles. The molecule has 3 rings (SSSR count). The third kappa shape index (κ3) is 2.82. The van der Waals surface area contributed by atoms with Crippen molar-refractivity contribution in [2.75, 3.05) is 0 Å². The zero-order valence-electron chi connectivity index (χ0n) is 13.6. The highest BCUT2D eigenvalue weighted by Gasteiger charge is 2.23. The minimum absolute atomic E-state index is 0.307. The van der Waals surface area contributed by atoms with E-state index in [0.29, 0.717) is 12.1 Å². The van der Waals surface area contributed by atoms with Crippen molar-refractivity contribution >= 4 is 5.65 Å². The fraction of sp³-hybridized carbons (Fsp3) is 0.647. The van der Waals surface area contributed by atoms with Crippen LogP contribution >= 0.6 is 0 Å². The summed E-state index contributed by atoms with van der Waals surface area (Å²) in [6, 6.07) is 2.90. The predicted octanol–water partition coefficient (Wildman–Crippen LogP) is 3.58. The largest absolute Gasteiger partial charge is 0.307 e. The molecule has 1 unspecified atom stereocenters. The van der Waals surface area contributed by atoms with E-state index in [-0.39, 0.29) is 0 Å². The standard InChI is InChI=1S/C17H26N4/c1-11-9-17-18-10-16(14(4)21(17)20-11)13(3)19-12(2)15-7-5-6-8-15/h9-10,12-13,15,19H,5-8H2,1-4H3/t12-,13?/m0/s1. The van der Waals surface area contributed by atoms with Gasteiger partial charge in [0.2, 0.25) is 0 Å². The van der Waals surface area contributed by atoms with Gasteiger partial charge in [0, 0.05) is 35.6 Å². The summed E-state index contributed by atoms with van der Waals surface area (Å²) in [5.74, 6) is 0.830. The van der Waals surface area contributed by atoms with Gasteiger partial charge in [-0.3, -0.25) is 0 Å². The summed E-state index contributed by atoms with van der Waals surface area (Å²) in [6.07, 6.45) is 7.53. The van der Waals surface area contributed by atoms with Crippen LogP contribution < -0.4 is 5.32 Å². The molecule has 0 amide bonds. The van der Waals surface area contributed by atoms with Crippen LogP contribution in [0.4, 0.5) is 0 Å². The summed E-state index contributed by atoms with van der Waals surface area (Å²) in [4.78, 5) is 4.55. The van der Waals surface area contributed by atoms with Crippen LogP contribution in [0, 0.1) is 19.8 Å². The Bertz CT molecular complexity index is 625.